The Morgan fingerprint density at radius 1 is 1.20 bits per heavy atom. The van der Waals surface area contributed by atoms with Gasteiger partial charge in [-0.15, -0.1) is 0 Å². The van der Waals surface area contributed by atoms with Crippen molar-refractivity contribution in [2.75, 3.05) is 0 Å². The monoisotopic (exact) mass is 243 g/mol. The summed E-state index contributed by atoms with van der Waals surface area (Å²) in [5.74, 6) is 0. The molecule has 0 spiro atoms. The molecule has 0 fully saturated rings. The molecule has 0 radical (unpaired) electrons. The summed E-state index contributed by atoms with van der Waals surface area (Å²) in [6, 6.07) is 3.48. The van der Waals surface area contributed by atoms with Crippen LogP contribution in [0, 0.1) is 0 Å². The Hall–Kier alpha value is -0.800. The van der Waals surface area contributed by atoms with Crippen molar-refractivity contribution >= 4 is 28.8 Å². The van der Waals surface area contributed by atoms with Gasteiger partial charge in [-0.2, -0.15) is 5.10 Å². The number of rotatable bonds is 0. The van der Waals surface area contributed by atoms with Crippen molar-refractivity contribution in [1.82, 2.24) is 14.6 Å². The molecule has 0 unspecified atom stereocenters. The molecule has 15 heavy (non-hydrogen) atoms. The molecule has 0 saturated carbocycles. The molecule has 3 nitrogen and oxygen atoms in total. The van der Waals surface area contributed by atoms with Crippen molar-refractivity contribution < 1.29 is 0 Å². The fourth-order valence-corrected chi connectivity index (χ4v) is 1.75. The molecule has 2 aromatic heterocycles. The van der Waals surface area contributed by atoms with E-state index in [0.29, 0.717) is 16.0 Å². The average Bonchev–Trinajstić information content (AvgIpc) is 2.46. The largest absolute Gasteiger partial charge is 0.217 e. The van der Waals surface area contributed by atoms with Gasteiger partial charge < -0.3 is 0 Å². The van der Waals surface area contributed by atoms with Gasteiger partial charge in [-0.1, -0.05) is 44.0 Å². The van der Waals surface area contributed by atoms with Crippen LogP contribution in [0.25, 0.3) is 5.65 Å². The third-order valence-corrected chi connectivity index (χ3v) is 2.58. The van der Waals surface area contributed by atoms with E-state index in [2.05, 4.69) is 30.9 Å². The lowest BCUT2D eigenvalue weighted by atomic mass is 9.93. The Morgan fingerprint density at radius 3 is 2.47 bits per heavy atom. The highest BCUT2D eigenvalue weighted by molar-refractivity contribution is 6.33. The molecule has 0 bridgehead atoms. The summed E-state index contributed by atoms with van der Waals surface area (Å²) >= 11 is 11.8. The smallest absolute Gasteiger partial charge is 0.158 e. The van der Waals surface area contributed by atoms with Crippen LogP contribution in [0.1, 0.15) is 26.5 Å². The maximum absolute atomic E-state index is 6.00. The van der Waals surface area contributed by atoms with Crippen LogP contribution in [0.5, 0.6) is 0 Å². The number of hydrogen-bond donors (Lipinski definition) is 0. The standard InChI is InChI=1S/C10H11Cl2N3/c1-10(2,3)6-4-9-13-7(11)5-8(12)15(9)14-6/h4-5H,1-3H3. The Morgan fingerprint density at radius 2 is 1.87 bits per heavy atom. The first-order valence-electron chi connectivity index (χ1n) is 4.60. The normalized spacial score (nSPS) is 12.3. The van der Waals surface area contributed by atoms with Crippen LogP contribution < -0.4 is 0 Å². The maximum atomic E-state index is 6.00. The third-order valence-electron chi connectivity index (χ3n) is 2.12. The minimum atomic E-state index is -0.0243. The lowest BCUT2D eigenvalue weighted by Gasteiger charge is -2.13. The molecule has 80 valence electrons. The lowest BCUT2D eigenvalue weighted by molar-refractivity contribution is 0.562. The number of fused-ring (bicyclic) bond motifs is 1. The zero-order valence-electron chi connectivity index (χ0n) is 8.75. The van der Waals surface area contributed by atoms with Gasteiger partial charge in [0.2, 0.25) is 0 Å². The van der Waals surface area contributed by atoms with Gasteiger partial charge in [0.05, 0.1) is 5.69 Å². The van der Waals surface area contributed by atoms with E-state index < -0.39 is 0 Å². The van der Waals surface area contributed by atoms with Crippen LogP contribution in [0.15, 0.2) is 12.1 Å². The summed E-state index contributed by atoms with van der Waals surface area (Å²) in [6.45, 7) is 6.26. The van der Waals surface area contributed by atoms with Crippen molar-refractivity contribution in [3.05, 3.63) is 28.1 Å². The average molecular weight is 244 g/mol. The molecular weight excluding hydrogens is 233 g/mol. The van der Waals surface area contributed by atoms with E-state index in [1.807, 2.05) is 6.07 Å². The van der Waals surface area contributed by atoms with Crippen LogP contribution in [0.3, 0.4) is 0 Å². The second kappa shape index (κ2) is 3.35. The molecule has 0 atom stereocenters. The first-order chi connectivity index (χ1) is 6.88. The second-order valence-electron chi connectivity index (χ2n) is 4.45. The number of aromatic nitrogens is 3. The molecule has 0 amide bonds. The first kappa shape index (κ1) is 10.7. The van der Waals surface area contributed by atoms with E-state index in [1.54, 1.807) is 10.6 Å². The van der Waals surface area contributed by atoms with E-state index in [-0.39, 0.29) is 5.41 Å². The summed E-state index contributed by atoms with van der Waals surface area (Å²) in [4.78, 5) is 4.15. The Kier molecular flexibility index (Phi) is 2.40. The van der Waals surface area contributed by atoms with Gasteiger partial charge in [0.15, 0.2) is 5.65 Å². The summed E-state index contributed by atoms with van der Waals surface area (Å²) < 4.78 is 1.59. The van der Waals surface area contributed by atoms with Crippen molar-refractivity contribution in [1.29, 1.82) is 0 Å². The van der Waals surface area contributed by atoms with Crippen molar-refractivity contribution in [3.63, 3.8) is 0 Å². The Balaban J connectivity index is 2.71. The van der Waals surface area contributed by atoms with E-state index >= 15 is 0 Å². The Labute approximate surface area is 98.0 Å². The molecule has 5 heteroatoms. The molecule has 0 aliphatic rings. The zero-order valence-corrected chi connectivity index (χ0v) is 10.3. The summed E-state index contributed by atoms with van der Waals surface area (Å²) in [6.07, 6.45) is 0. The van der Waals surface area contributed by atoms with Crippen LogP contribution >= 0.6 is 23.2 Å². The highest BCUT2D eigenvalue weighted by Crippen LogP contribution is 2.24. The van der Waals surface area contributed by atoms with Gasteiger partial charge in [0, 0.05) is 17.5 Å². The number of halogens is 2. The molecule has 0 aliphatic heterocycles. The third kappa shape index (κ3) is 1.94. The van der Waals surface area contributed by atoms with E-state index in [0.717, 1.165) is 5.69 Å². The van der Waals surface area contributed by atoms with Gasteiger partial charge in [0.1, 0.15) is 10.3 Å². The topological polar surface area (TPSA) is 30.2 Å². The van der Waals surface area contributed by atoms with Gasteiger partial charge in [-0.25, -0.2) is 9.50 Å². The highest BCUT2D eigenvalue weighted by atomic mass is 35.5. The Bertz CT molecular complexity index is 511. The van der Waals surface area contributed by atoms with Crippen LogP contribution in [-0.4, -0.2) is 14.6 Å². The summed E-state index contributed by atoms with van der Waals surface area (Å²) in [5.41, 5.74) is 1.60. The zero-order chi connectivity index (χ0) is 11.2. The summed E-state index contributed by atoms with van der Waals surface area (Å²) in [7, 11) is 0. The van der Waals surface area contributed by atoms with Gasteiger partial charge in [-0.05, 0) is 0 Å². The van der Waals surface area contributed by atoms with Gasteiger partial charge in [0.25, 0.3) is 0 Å². The van der Waals surface area contributed by atoms with Crippen molar-refractivity contribution in [2.24, 2.45) is 0 Å². The molecule has 0 aliphatic carbocycles. The molecule has 0 saturated heterocycles. The van der Waals surface area contributed by atoms with E-state index in [1.165, 1.54) is 0 Å². The quantitative estimate of drug-likeness (QED) is 0.665. The van der Waals surface area contributed by atoms with Crippen LogP contribution in [0.2, 0.25) is 10.3 Å². The minimum Gasteiger partial charge on any atom is -0.217 e. The van der Waals surface area contributed by atoms with Crippen molar-refractivity contribution in [2.45, 2.75) is 26.2 Å². The van der Waals surface area contributed by atoms with Gasteiger partial charge in [-0.3, -0.25) is 0 Å². The fraction of sp³-hybridized carbons (Fsp3) is 0.400. The number of hydrogen-bond acceptors (Lipinski definition) is 2. The maximum Gasteiger partial charge on any atom is 0.158 e. The first-order valence-corrected chi connectivity index (χ1v) is 5.36. The molecule has 2 rings (SSSR count). The minimum absolute atomic E-state index is 0.0243. The van der Waals surface area contributed by atoms with Gasteiger partial charge >= 0.3 is 0 Å². The predicted octanol–water partition coefficient (Wildman–Crippen LogP) is 3.33. The lowest BCUT2D eigenvalue weighted by Crippen LogP contribution is -2.11. The van der Waals surface area contributed by atoms with E-state index in [9.17, 15) is 0 Å². The summed E-state index contributed by atoms with van der Waals surface area (Å²) in [5, 5.41) is 5.24. The molecule has 2 heterocycles. The fourth-order valence-electron chi connectivity index (χ4n) is 1.28. The SMILES string of the molecule is CC(C)(C)c1cc2nc(Cl)cc(Cl)n2n1. The molecular formula is C10H11Cl2N3. The molecule has 0 N–H and O–H groups in total. The van der Waals surface area contributed by atoms with Crippen molar-refractivity contribution in [3.8, 4) is 0 Å². The highest BCUT2D eigenvalue weighted by Gasteiger charge is 2.19. The van der Waals surface area contributed by atoms with Crippen LogP contribution in [-0.2, 0) is 5.41 Å². The van der Waals surface area contributed by atoms with E-state index in [4.69, 9.17) is 23.2 Å². The predicted molar refractivity (Wildman–Crippen MR) is 61.7 cm³/mol. The molecule has 2 aromatic rings. The molecule has 0 aromatic carbocycles. The second-order valence-corrected chi connectivity index (χ2v) is 5.23. The van der Waals surface area contributed by atoms with Crippen LogP contribution in [0.4, 0.5) is 0 Å². The number of nitrogens with zero attached hydrogens (tertiary/aromatic N) is 3.